The maximum absolute atomic E-state index is 12.1. The third kappa shape index (κ3) is 7.85. The van der Waals surface area contributed by atoms with Crippen molar-refractivity contribution < 1.29 is 19.1 Å². The van der Waals surface area contributed by atoms with Gasteiger partial charge in [-0.1, -0.05) is 13.3 Å². The Kier molecular flexibility index (Phi) is 7.32. The molecule has 1 rings (SSSR count). The molecule has 1 heterocycles. The number of ether oxygens (including phenoxy) is 1. The number of nitrogens with one attached hydrogen (secondary N) is 2. The van der Waals surface area contributed by atoms with Crippen LogP contribution in [0.5, 0.6) is 0 Å². The fraction of sp³-hybridized carbons (Fsp3) is 0.812. The molecule has 23 heavy (non-hydrogen) atoms. The highest BCUT2D eigenvalue weighted by Gasteiger charge is 2.22. The summed E-state index contributed by atoms with van der Waals surface area (Å²) in [6.45, 7) is 8.63. The number of rotatable bonds is 5. The summed E-state index contributed by atoms with van der Waals surface area (Å²) in [5.74, 6) is 0.0688. The molecule has 0 spiro atoms. The zero-order valence-corrected chi connectivity index (χ0v) is 14.6. The van der Waals surface area contributed by atoms with Crippen LogP contribution in [0.25, 0.3) is 0 Å². The molecule has 0 radical (unpaired) electrons. The second-order valence-electron chi connectivity index (χ2n) is 6.89. The molecule has 1 atom stereocenters. The first kappa shape index (κ1) is 19.3. The molecule has 1 unspecified atom stereocenters. The number of hydrogen-bond donors (Lipinski definition) is 2. The molecule has 2 N–H and O–H groups in total. The second-order valence-corrected chi connectivity index (χ2v) is 6.89. The Labute approximate surface area is 138 Å². The highest BCUT2D eigenvalue weighted by Crippen LogP contribution is 2.18. The fourth-order valence-corrected chi connectivity index (χ4v) is 2.44. The van der Waals surface area contributed by atoms with Crippen molar-refractivity contribution in [2.75, 3.05) is 26.2 Å². The first-order chi connectivity index (χ1) is 10.7. The minimum atomic E-state index is -0.652. The van der Waals surface area contributed by atoms with Gasteiger partial charge < -0.3 is 20.3 Å². The third-order valence-corrected chi connectivity index (χ3v) is 3.68. The van der Waals surface area contributed by atoms with Gasteiger partial charge in [0.1, 0.15) is 12.1 Å². The maximum atomic E-state index is 12.1. The average Bonchev–Trinajstić information content (AvgIpc) is 2.49. The van der Waals surface area contributed by atoms with E-state index in [2.05, 4.69) is 17.6 Å². The molecule has 0 bridgehead atoms. The molecule has 1 saturated heterocycles. The standard InChI is InChI=1S/C16H29N3O4/c1-5-12-7-6-8-19(11-12)14(21)10-17-13(20)9-18-15(22)23-16(2,3)4/h12H,5-11H2,1-4H3,(H,17,20)(H,18,22). The van der Waals surface area contributed by atoms with Crippen molar-refractivity contribution in [1.29, 1.82) is 0 Å². The number of amides is 3. The van der Waals surface area contributed by atoms with E-state index in [-0.39, 0.29) is 19.0 Å². The predicted molar refractivity (Wildman–Crippen MR) is 86.8 cm³/mol. The first-order valence-electron chi connectivity index (χ1n) is 8.22. The molecule has 0 aromatic heterocycles. The first-order valence-corrected chi connectivity index (χ1v) is 8.22. The van der Waals surface area contributed by atoms with E-state index in [1.165, 1.54) is 0 Å². The largest absolute Gasteiger partial charge is 0.444 e. The molecular weight excluding hydrogens is 298 g/mol. The third-order valence-electron chi connectivity index (χ3n) is 3.68. The lowest BCUT2D eigenvalue weighted by Gasteiger charge is -2.32. The molecule has 0 aromatic carbocycles. The normalized spacial score (nSPS) is 18.3. The molecule has 7 nitrogen and oxygen atoms in total. The van der Waals surface area contributed by atoms with Crippen LogP contribution in [0.2, 0.25) is 0 Å². The van der Waals surface area contributed by atoms with E-state index in [1.54, 1.807) is 25.7 Å². The number of carbonyl (C=O) groups is 3. The van der Waals surface area contributed by atoms with E-state index in [4.69, 9.17) is 4.74 Å². The van der Waals surface area contributed by atoms with Crippen molar-refractivity contribution in [1.82, 2.24) is 15.5 Å². The van der Waals surface area contributed by atoms with Crippen molar-refractivity contribution in [3.63, 3.8) is 0 Å². The summed E-state index contributed by atoms with van der Waals surface area (Å²) in [6.07, 6.45) is 2.58. The van der Waals surface area contributed by atoms with Crippen LogP contribution in [0.1, 0.15) is 47.0 Å². The Morgan fingerprint density at radius 1 is 1.17 bits per heavy atom. The quantitative estimate of drug-likeness (QED) is 0.796. The summed E-state index contributed by atoms with van der Waals surface area (Å²) in [4.78, 5) is 37.0. The average molecular weight is 327 g/mol. The number of carbonyl (C=O) groups excluding carboxylic acids is 3. The van der Waals surface area contributed by atoms with Crippen molar-refractivity contribution >= 4 is 17.9 Å². The molecule has 7 heteroatoms. The van der Waals surface area contributed by atoms with Crippen LogP contribution in [0.15, 0.2) is 0 Å². The van der Waals surface area contributed by atoms with Gasteiger partial charge in [-0.05, 0) is 39.5 Å². The van der Waals surface area contributed by atoms with E-state index in [0.717, 1.165) is 32.4 Å². The Hall–Kier alpha value is -1.79. The lowest BCUT2D eigenvalue weighted by atomic mass is 9.96. The highest BCUT2D eigenvalue weighted by atomic mass is 16.6. The van der Waals surface area contributed by atoms with Crippen LogP contribution < -0.4 is 10.6 Å². The van der Waals surface area contributed by atoms with E-state index < -0.39 is 17.6 Å². The van der Waals surface area contributed by atoms with E-state index in [1.807, 2.05) is 0 Å². The predicted octanol–water partition coefficient (Wildman–Crippen LogP) is 1.28. The molecule has 3 amide bonds. The van der Waals surface area contributed by atoms with Gasteiger partial charge in [-0.3, -0.25) is 9.59 Å². The summed E-state index contributed by atoms with van der Waals surface area (Å²) in [5.41, 5.74) is -0.611. The molecule has 1 fully saturated rings. The van der Waals surface area contributed by atoms with Gasteiger partial charge in [-0.25, -0.2) is 4.79 Å². The summed E-state index contributed by atoms with van der Waals surface area (Å²) < 4.78 is 5.03. The minimum absolute atomic E-state index is 0.0364. The summed E-state index contributed by atoms with van der Waals surface area (Å²) >= 11 is 0. The topological polar surface area (TPSA) is 87.7 Å². The van der Waals surface area contributed by atoms with Gasteiger partial charge in [-0.2, -0.15) is 0 Å². The number of nitrogens with zero attached hydrogens (tertiary/aromatic N) is 1. The molecule has 0 aromatic rings. The summed E-state index contributed by atoms with van der Waals surface area (Å²) in [7, 11) is 0. The highest BCUT2D eigenvalue weighted by molar-refractivity contribution is 5.87. The van der Waals surface area contributed by atoms with E-state index >= 15 is 0 Å². The van der Waals surface area contributed by atoms with Crippen LogP contribution in [0.4, 0.5) is 4.79 Å². The van der Waals surface area contributed by atoms with Gasteiger partial charge in [-0.15, -0.1) is 0 Å². The SMILES string of the molecule is CCC1CCCN(C(=O)CNC(=O)CNC(=O)OC(C)(C)C)C1. The maximum Gasteiger partial charge on any atom is 0.408 e. The van der Waals surface area contributed by atoms with Gasteiger partial charge in [0.25, 0.3) is 0 Å². The van der Waals surface area contributed by atoms with Crippen molar-refractivity contribution in [3.05, 3.63) is 0 Å². The zero-order valence-electron chi connectivity index (χ0n) is 14.6. The van der Waals surface area contributed by atoms with Crippen LogP contribution in [-0.2, 0) is 14.3 Å². The molecular formula is C16H29N3O4. The molecule has 0 saturated carbocycles. The molecule has 132 valence electrons. The second kappa shape index (κ2) is 8.74. The molecule has 0 aliphatic carbocycles. The number of alkyl carbamates (subject to hydrolysis) is 1. The minimum Gasteiger partial charge on any atom is -0.444 e. The van der Waals surface area contributed by atoms with Gasteiger partial charge in [0, 0.05) is 13.1 Å². The van der Waals surface area contributed by atoms with Gasteiger partial charge in [0.05, 0.1) is 6.54 Å². The lowest BCUT2D eigenvalue weighted by Crippen LogP contribution is -2.46. The number of hydrogen-bond acceptors (Lipinski definition) is 4. The van der Waals surface area contributed by atoms with Crippen LogP contribution in [0, 0.1) is 5.92 Å². The van der Waals surface area contributed by atoms with Crippen molar-refractivity contribution in [2.24, 2.45) is 5.92 Å². The summed E-state index contributed by atoms with van der Waals surface area (Å²) in [6, 6.07) is 0. The van der Waals surface area contributed by atoms with Crippen molar-refractivity contribution in [2.45, 2.75) is 52.6 Å². The monoisotopic (exact) mass is 327 g/mol. The Balaban J connectivity index is 2.25. The van der Waals surface area contributed by atoms with Gasteiger partial charge >= 0.3 is 6.09 Å². The van der Waals surface area contributed by atoms with Crippen LogP contribution in [-0.4, -0.2) is 54.6 Å². The number of piperidine rings is 1. The van der Waals surface area contributed by atoms with Crippen molar-refractivity contribution in [3.8, 4) is 0 Å². The Morgan fingerprint density at radius 2 is 1.87 bits per heavy atom. The van der Waals surface area contributed by atoms with Gasteiger partial charge in [0.2, 0.25) is 11.8 Å². The van der Waals surface area contributed by atoms with Crippen LogP contribution in [0.3, 0.4) is 0 Å². The molecule has 1 aliphatic heterocycles. The van der Waals surface area contributed by atoms with Crippen LogP contribution >= 0.6 is 0 Å². The lowest BCUT2D eigenvalue weighted by molar-refractivity contribution is -0.134. The summed E-state index contributed by atoms with van der Waals surface area (Å²) in [5, 5.41) is 4.89. The van der Waals surface area contributed by atoms with E-state index in [0.29, 0.717) is 5.92 Å². The molecule has 1 aliphatic rings. The van der Waals surface area contributed by atoms with E-state index in [9.17, 15) is 14.4 Å². The van der Waals surface area contributed by atoms with Gasteiger partial charge in [0.15, 0.2) is 0 Å². The Bertz CT molecular complexity index is 432. The zero-order chi connectivity index (χ0) is 17.5. The fourth-order valence-electron chi connectivity index (χ4n) is 2.44. The smallest absolute Gasteiger partial charge is 0.408 e. The number of likely N-dealkylation sites (tertiary alicyclic amines) is 1. The Morgan fingerprint density at radius 3 is 2.48 bits per heavy atom.